The summed E-state index contributed by atoms with van der Waals surface area (Å²) in [6.07, 6.45) is -5.71. The van der Waals surface area contributed by atoms with Crippen LogP contribution >= 0.6 is 0 Å². The van der Waals surface area contributed by atoms with Crippen LogP contribution in [0.15, 0.2) is 63.8 Å². The van der Waals surface area contributed by atoms with Crippen LogP contribution in [0.2, 0.25) is 0 Å². The second kappa shape index (κ2) is 13.5. The van der Waals surface area contributed by atoms with Gasteiger partial charge in [0.15, 0.2) is 52.1 Å². The lowest BCUT2D eigenvalue weighted by Gasteiger charge is -2.38. The first kappa shape index (κ1) is 32.9. The van der Waals surface area contributed by atoms with E-state index in [1.54, 1.807) is 0 Å². The van der Waals surface area contributed by atoms with Gasteiger partial charge in [-0.3, -0.25) is 4.79 Å². The molecule has 15 heteroatoms. The molecule has 0 radical (unpaired) electrons. The molecule has 0 unspecified atom stereocenters. The van der Waals surface area contributed by atoms with Crippen molar-refractivity contribution >= 4 is 12.0 Å². The third kappa shape index (κ3) is 6.73. The van der Waals surface area contributed by atoms with E-state index in [0.29, 0.717) is 5.56 Å². The minimum absolute atomic E-state index is 0.0345. The summed E-state index contributed by atoms with van der Waals surface area (Å²) in [4.78, 5) is 22.5. The lowest BCUT2D eigenvalue weighted by atomic mass is 9.99. The molecule has 2 aromatic carbocycles. The Labute approximate surface area is 265 Å². The summed E-state index contributed by atoms with van der Waals surface area (Å²) < 4.78 is 33.1. The minimum atomic E-state index is -1.85. The van der Waals surface area contributed by atoms with Crippen LogP contribution in [0.25, 0.3) is 28.7 Å². The molecule has 1 fully saturated rings. The molecule has 5 atom stereocenters. The maximum atomic E-state index is 12.0. The Kier molecular flexibility index (Phi) is 9.44. The maximum absolute atomic E-state index is 12.0. The van der Waals surface area contributed by atoms with Crippen molar-refractivity contribution in [3.05, 3.63) is 70.4 Å². The normalized spacial score (nSPS) is 21.1. The van der Waals surface area contributed by atoms with Crippen LogP contribution < -0.4 is 19.6 Å². The van der Waals surface area contributed by atoms with Gasteiger partial charge in [-0.1, -0.05) is 0 Å². The Morgan fingerprint density at radius 3 is 2.23 bits per heavy atom. The van der Waals surface area contributed by atoms with Crippen molar-refractivity contribution in [1.29, 1.82) is 0 Å². The van der Waals surface area contributed by atoms with Crippen LogP contribution in [0.5, 0.6) is 40.2 Å². The number of aliphatic hydroxyl groups is 3. The van der Waals surface area contributed by atoms with Crippen LogP contribution in [0, 0.1) is 0 Å². The number of aliphatic hydroxyl groups excluding tert-OH is 3. The van der Waals surface area contributed by atoms with Crippen molar-refractivity contribution in [1.82, 2.24) is 0 Å². The fraction of sp³-hybridized carbons (Fsp3) is 0.250. The molecular formula is C32H31O15+. The summed E-state index contributed by atoms with van der Waals surface area (Å²) in [5.74, 6) is -2.52. The van der Waals surface area contributed by atoms with Crippen LogP contribution in [-0.2, 0) is 9.47 Å². The quantitative estimate of drug-likeness (QED) is 0.0588. The molecule has 0 amide bonds. The molecule has 47 heavy (non-hydrogen) atoms. The highest BCUT2D eigenvalue weighted by Gasteiger charge is 2.51. The first-order valence-electron chi connectivity index (χ1n) is 13.9. The van der Waals surface area contributed by atoms with Gasteiger partial charge in [0.05, 0.1) is 32.5 Å². The molecule has 2 aromatic rings. The predicted octanol–water partition coefficient (Wildman–Crippen LogP) is 1.67. The van der Waals surface area contributed by atoms with E-state index < -0.39 is 66.0 Å². The highest BCUT2D eigenvalue weighted by molar-refractivity contribution is 5.88. The Bertz CT molecular complexity index is 1800. The molecule has 2 heterocycles. The van der Waals surface area contributed by atoms with Crippen LogP contribution in [0.3, 0.4) is 0 Å². The van der Waals surface area contributed by atoms with Gasteiger partial charge in [0.2, 0.25) is 12.0 Å². The van der Waals surface area contributed by atoms with Gasteiger partial charge < -0.3 is 68.6 Å². The molecule has 15 nitrogen and oxygen atoms in total. The van der Waals surface area contributed by atoms with E-state index in [1.165, 1.54) is 50.6 Å². The molecule has 0 bridgehead atoms. The van der Waals surface area contributed by atoms with Gasteiger partial charge in [-0.05, 0) is 48.0 Å². The number of esters is 1. The van der Waals surface area contributed by atoms with Crippen LogP contribution in [0.1, 0.15) is 5.56 Å². The fourth-order valence-electron chi connectivity index (χ4n) is 4.90. The monoisotopic (exact) mass is 655 g/mol. The number of carbonyl (C=O) groups excluding carboxylic acids is 1. The lowest BCUT2D eigenvalue weighted by Crippen LogP contribution is -2.61. The predicted molar refractivity (Wildman–Crippen MR) is 162 cm³/mol. The molecule has 3 aliphatic rings. The smallest absolute Gasteiger partial charge is 0.507 e. The Balaban J connectivity index is 1.40. The van der Waals surface area contributed by atoms with Crippen LogP contribution in [0.4, 0.5) is 0 Å². The first-order chi connectivity index (χ1) is 22.4. The van der Waals surface area contributed by atoms with Crippen molar-refractivity contribution in [3.63, 3.8) is 0 Å². The third-order valence-corrected chi connectivity index (χ3v) is 7.28. The van der Waals surface area contributed by atoms with E-state index >= 15 is 0 Å². The number of rotatable bonds is 9. The second-order valence-corrected chi connectivity index (χ2v) is 10.4. The summed E-state index contributed by atoms with van der Waals surface area (Å²) in [6, 6.07) is 9.89. The maximum Gasteiger partial charge on any atom is 0.510 e. The largest absolute Gasteiger partial charge is 0.510 e. The third-order valence-electron chi connectivity index (χ3n) is 7.28. The number of phenols is 4. The van der Waals surface area contributed by atoms with Crippen LogP contribution in [-0.4, -0.2) is 98.0 Å². The summed E-state index contributed by atoms with van der Waals surface area (Å²) in [6.45, 7) is -0.758. The SMILES string of the molecule is COc1cc(C=CC(=[OH+])O[C@H]2[C@H](O)[C@@H](O)[C@H](Oc3cc4c(O)cc(=O)cc-4oc3-c3ccc(O)c(O)c3)O[C@@H]2CO)cc(OC)c1O. The fourth-order valence-corrected chi connectivity index (χ4v) is 4.90. The minimum Gasteiger partial charge on any atom is -0.507 e. The summed E-state index contributed by atoms with van der Waals surface area (Å²) in [5.41, 5.74) is 0.0481. The molecule has 0 saturated carbocycles. The summed E-state index contributed by atoms with van der Waals surface area (Å²) in [5, 5.41) is 72.3. The molecule has 0 aromatic heterocycles. The number of hydrogen-bond donors (Lipinski definition) is 7. The number of ether oxygens (including phenoxy) is 5. The van der Waals surface area contributed by atoms with E-state index in [2.05, 4.69) is 0 Å². The molecule has 5 rings (SSSR count). The molecule has 8 N–H and O–H groups in total. The highest BCUT2D eigenvalue weighted by Crippen LogP contribution is 2.43. The average molecular weight is 656 g/mol. The molecule has 1 saturated heterocycles. The van der Waals surface area contributed by atoms with Crippen molar-refractivity contribution in [2.75, 3.05) is 20.8 Å². The van der Waals surface area contributed by atoms with Gasteiger partial charge in [0.25, 0.3) is 6.10 Å². The highest BCUT2D eigenvalue weighted by atomic mass is 16.7. The number of phenolic OH excluding ortho intramolecular Hbond substituents is 4. The van der Waals surface area contributed by atoms with E-state index in [-0.39, 0.29) is 45.6 Å². The topological polar surface area (TPSA) is 239 Å². The number of benzene rings is 3. The molecule has 1 aliphatic carbocycles. The zero-order valence-electron chi connectivity index (χ0n) is 24.8. The Morgan fingerprint density at radius 1 is 0.894 bits per heavy atom. The summed E-state index contributed by atoms with van der Waals surface area (Å²) >= 11 is 0. The van der Waals surface area contributed by atoms with Gasteiger partial charge in [-0.2, -0.15) is 0 Å². The zero-order valence-corrected chi connectivity index (χ0v) is 24.8. The molecule has 2 aliphatic heterocycles. The van der Waals surface area contributed by atoms with Gasteiger partial charge in [-0.15, -0.1) is 0 Å². The van der Waals surface area contributed by atoms with E-state index in [0.717, 1.165) is 24.3 Å². The first-order valence-corrected chi connectivity index (χ1v) is 13.9. The van der Waals surface area contributed by atoms with Crippen molar-refractivity contribution in [2.45, 2.75) is 30.7 Å². The van der Waals surface area contributed by atoms with E-state index in [1.807, 2.05) is 0 Å². The van der Waals surface area contributed by atoms with Crippen molar-refractivity contribution < 1.29 is 68.6 Å². The number of fused-ring (bicyclic) bond motifs is 1. The molecule has 248 valence electrons. The second-order valence-electron chi connectivity index (χ2n) is 10.4. The molecular weight excluding hydrogens is 624 g/mol. The van der Waals surface area contributed by atoms with Crippen molar-refractivity contribution in [2.24, 2.45) is 0 Å². The summed E-state index contributed by atoms with van der Waals surface area (Å²) in [7, 11) is 2.69. The van der Waals surface area contributed by atoms with Gasteiger partial charge >= 0.3 is 5.97 Å². The zero-order chi connectivity index (χ0) is 34.0. The number of methoxy groups -OCH3 is 2. The van der Waals surface area contributed by atoms with Gasteiger partial charge in [-0.25, -0.2) is 0 Å². The van der Waals surface area contributed by atoms with Gasteiger partial charge in [0.1, 0.15) is 17.6 Å². The van der Waals surface area contributed by atoms with Crippen molar-refractivity contribution in [3.8, 4) is 62.9 Å². The molecule has 0 spiro atoms. The van der Waals surface area contributed by atoms with E-state index in [9.17, 15) is 45.3 Å². The number of aromatic hydroxyl groups is 4. The van der Waals surface area contributed by atoms with Gasteiger partial charge in [0, 0.05) is 17.7 Å². The Morgan fingerprint density at radius 2 is 1.60 bits per heavy atom. The average Bonchev–Trinajstić information content (AvgIpc) is 3.05. The number of hydrogen-bond acceptors (Lipinski definition) is 14. The standard InChI is InChI=1S/C32H30O15/c1-42-22-7-14(8-23(43-2)27(22)39)3-6-26(38)47-31-25(13-33)46-32(29(41)28(31)40)45-24-12-17-19(36)10-16(34)11-21(17)44-30(24)15-4-5-18(35)20(37)9-15/h3-12,25,28-29,31-33,35-37,39-41H,13H2,1-2H3/p+1/t25-,28-,29-,31-,32-/m1/s1. The lowest BCUT2D eigenvalue weighted by molar-refractivity contribution is -0.275. The van der Waals surface area contributed by atoms with E-state index in [4.69, 9.17) is 28.1 Å². The Hall–Kier alpha value is -5.48.